The highest BCUT2D eigenvalue weighted by Gasteiger charge is 2.14. The minimum Gasteiger partial charge on any atom is -0.311 e. The molecule has 0 N–H and O–H groups in total. The van der Waals surface area contributed by atoms with Gasteiger partial charge in [0, 0.05) is 45.8 Å². The summed E-state index contributed by atoms with van der Waals surface area (Å²) in [7, 11) is 0. The van der Waals surface area contributed by atoms with Crippen molar-refractivity contribution in [2.75, 3.05) is 4.90 Å². The molecule has 0 fully saturated rings. The van der Waals surface area contributed by atoms with Gasteiger partial charge in [-0.05, 0) is 157 Å². The summed E-state index contributed by atoms with van der Waals surface area (Å²) in [5.74, 6) is 0. The van der Waals surface area contributed by atoms with Gasteiger partial charge in [0.15, 0.2) is 0 Å². The summed E-state index contributed by atoms with van der Waals surface area (Å²) < 4.78 is 3.95. The van der Waals surface area contributed by atoms with Gasteiger partial charge >= 0.3 is 0 Å². The molecule has 0 aliphatic carbocycles. The molecule has 12 rings (SSSR count). The standard InChI is InChI=1S/C66H45NS3/c1-4-10-64-55(7-1)43-61(68-64)40-19-46-13-22-49(23-14-46)52-28-34-58(35-29-52)67(59-36-30-53(31-37-59)50-24-15-47(16-25-50)20-41-62-44-56-8-2-5-11-65(56)69-62)60-38-32-54(33-39-60)51-26-17-48(18-27-51)21-42-63-45-57-9-3-6-12-66(57)70-63/h1-45H/b40-19+,41-20+,42-21+. The van der Waals surface area contributed by atoms with Gasteiger partial charge in [-0.2, -0.15) is 0 Å². The number of anilines is 3. The first kappa shape index (κ1) is 43.2. The van der Waals surface area contributed by atoms with E-state index in [0.29, 0.717) is 0 Å². The number of hydrogen-bond donors (Lipinski definition) is 0. The van der Waals surface area contributed by atoms with Crippen LogP contribution in [0.3, 0.4) is 0 Å². The molecule has 0 saturated carbocycles. The van der Waals surface area contributed by atoms with Gasteiger partial charge in [0.05, 0.1) is 0 Å². The van der Waals surface area contributed by atoms with Crippen molar-refractivity contribution in [3.63, 3.8) is 0 Å². The Morgan fingerprint density at radius 3 is 0.743 bits per heavy atom. The van der Waals surface area contributed by atoms with Crippen LogP contribution in [0.5, 0.6) is 0 Å². The molecular weight excluding hydrogens is 903 g/mol. The van der Waals surface area contributed by atoms with Gasteiger partial charge in [0.25, 0.3) is 0 Å². The second-order valence-electron chi connectivity index (χ2n) is 17.4. The summed E-state index contributed by atoms with van der Waals surface area (Å²) >= 11 is 5.47. The van der Waals surface area contributed by atoms with Crippen LogP contribution in [0, 0.1) is 0 Å². The third-order valence-corrected chi connectivity index (χ3v) is 16.0. The van der Waals surface area contributed by atoms with Crippen molar-refractivity contribution < 1.29 is 0 Å². The average molecular weight is 948 g/mol. The molecule has 1 nitrogen and oxygen atoms in total. The van der Waals surface area contributed by atoms with Gasteiger partial charge in [-0.25, -0.2) is 0 Å². The Kier molecular flexibility index (Phi) is 12.0. The Hall–Kier alpha value is -8.12. The molecule has 0 unspecified atom stereocenters. The highest BCUT2D eigenvalue weighted by molar-refractivity contribution is 7.20. The third kappa shape index (κ3) is 9.49. The third-order valence-electron chi connectivity index (χ3n) is 12.8. The number of thiophene rings is 3. The Morgan fingerprint density at radius 2 is 0.486 bits per heavy atom. The molecule has 12 aromatic rings. The Balaban J connectivity index is 0.790. The summed E-state index contributed by atoms with van der Waals surface area (Å²) in [6.45, 7) is 0. The molecule has 0 radical (unpaired) electrons. The first-order valence-corrected chi connectivity index (χ1v) is 26.0. The fourth-order valence-electron chi connectivity index (χ4n) is 9.00. The predicted octanol–water partition coefficient (Wildman–Crippen LogP) is 20.3. The van der Waals surface area contributed by atoms with Crippen LogP contribution in [0.2, 0.25) is 0 Å². The molecule has 3 aromatic heterocycles. The van der Waals surface area contributed by atoms with Crippen molar-refractivity contribution >= 4 is 118 Å². The molecule has 4 heteroatoms. The van der Waals surface area contributed by atoms with E-state index in [4.69, 9.17) is 0 Å². The van der Waals surface area contributed by atoms with E-state index in [-0.39, 0.29) is 0 Å². The van der Waals surface area contributed by atoms with Crippen LogP contribution in [0.1, 0.15) is 31.3 Å². The highest BCUT2D eigenvalue weighted by atomic mass is 32.1. The topological polar surface area (TPSA) is 3.24 Å². The van der Waals surface area contributed by atoms with Gasteiger partial charge in [-0.1, -0.05) is 182 Å². The van der Waals surface area contributed by atoms with Crippen LogP contribution >= 0.6 is 34.0 Å². The molecule has 0 spiro atoms. The first-order chi connectivity index (χ1) is 34.6. The number of benzene rings is 9. The van der Waals surface area contributed by atoms with Crippen molar-refractivity contribution in [2.45, 2.75) is 0 Å². The second-order valence-corrected chi connectivity index (χ2v) is 20.7. The molecule has 9 aromatic carbocycles. The molecule has 0 saturated heterocycles. The van der Waals surface area contributed by atoms with E-state index in [1.165, 1.54) is 95.0 Å². The number of rotatable bonds is 12. The van der Waals surface area contributed by atoms with Crippen LogP contribution < -0.4 is 4.90 Å². The Bertz CT molecular complexity index is 3320. The fraction of sp³-hybridized carbons (Fsp3) is 0. The summed E-state index contributed by atoms with van der Waals surface area (Å²) in [5, 5.41) is 3.88. The fourth-order valence-corrected chi connectivity index (χ4v) is 11.9. The van der Waals surface area contributed by atoms with E-state index >= 15 is 0 Å². The van der Waals surface area contributed by atoms with Crippen LogP contribution in [0.15, 0.2) is 237 Å². The van der Waals surface area contributed by atoms with Gasteiger partial charge in [-0.15, -0.1) is 34.0 Å². The molecular formula is C66H45NS3. The smallest absolute Gasteiger partial charge is 0.0462 e. The van der Waals surface area contributed by atoms with Gasteiger partial charge in [-0.3, -0.25) is 0 Å². The molecule has 0 bridgehead atoms. The molecule has 0 amide bonds. The van der Waals surface area contributed by atoms with E-state index in [0.717, 1.165) is 17.1 Å². The average Bonchev–Trinajstić information content (AvgIpc) is 4.17. The van der Waals surface area contributed by atoms with Crippen LogP contribution in [-0.4, -0.2) is 0 Å². The minimum atomic E-state index is 1.09. The second kappa shape index (κ2) is 19.5. The van der Waals surface area contributed by atoms with Crippen molar-refractivity contribution in [1.82, 2.24) is 0 Å². The molecule has 70 heavy (non-hydrogen) atoms. The quantitative estimate of drug-likeness (QED) is 0.118. The van der Waals surface area contributed by atoms with Gasteiger partial charge in [0.1, 0.15) is 0 Å². The van der Waals surface area contributed by atoms with Crippen LogP contribution in [0.25, 0.3) is 100 Å². The Morgan fingerprint density at radius 1 is 0.243 bits per heavy atom. The van der Waals surface area contributed by atoms with E-state index in [2.05, 4.69) is 278 Å². The zero-order valence-electron chi connectivity index (χ0n) is 38.2. The summed E-state index contributed by atoms with van der Waals surface area (Å²) in [6, 6.07) is 85.9. The lowest BCUT2D eigenvalue weighted by Gasteiger charge is -2.26. The number of nitrogens with zero attached hydrogens (tertiary/aromatic N) is 1. The summed E-state index contributed by atoms with van der Waals surface area (Å²) in [6.07, 6.45) is 13.3. The molecule has 0 atom stereocenters. The monoisotopic (exact) mass is 947 g/mol. The van der Waals surface area contributed by atoms with Crippen molar-refractivity contribution in [1.29, 1.82) is 0 Å². The van der Waals surface area contributed by atoms with Crippen molar-refractivity contribution in [3.05, 3.63) is 268 Å². The van der Waals surface area contributed by atoms with E-state index in [9.17, 15) is 0 Å². The lowest BCUT2D eigenvalue weighted by atomic mass is 10.0. The predicted molar refractivity (Wildman–Crippen MR) is 310 cm³/mol. The molecule has 0 aliphatic rings. The van der Waals surface area contributed by atoms with E-state index in [1.807, 2.05) is 34.0 Å². The normalized spacial score (nSPS) is 11.8. The lowest BCUT2D eigenvalue weighted by Crippen LogP contribution is -2.09. The first-order valence-electron chi connectivity index (χ1n) is 23.5. The number of fused-ring (bicyclic) bond motifs is 3. The lowest BCUT2D eigenvalue weighted by molar-refractivity contribution is 1.28. The Labute approximate surface area is 421 Å². The van der Waals surface area contributed by atoms with Crippen molar-refractivity contribution in [2.24, 2.45) is 0 Å². The zero-order chi connectivity index (χ0) is 46.6. The summed E-state index contributed by atoms with van der Waals surface area (Å²) in [5.41, 5.74) is 13.9. The zero-order valence-corrected chi connectivity index (χ0v) is 40.6. The largest absolute Gasteiger partial charge is 0.311 e. The maximum atomic E-state index is 2.35. The van der Waals surface area contributed by atoms with Gasteiger partial charge in [0.2, 0.25) is 0 Å². The summed E-state index contributed by atoms with van der Waals surface area (Å²) in [4.78, 5) is 6.14. The maximum absolute atomic E-state index is 2.35. The van der Waals surface area contributed by atoms with E-state index in [1.54, 1.807) is 0 Å². The highest BCUT2D eigenvalue weighted by Crippen LogP contribution is 2.38. The number of hydrogen-bond acceptors (Lipinski definition) is 4. The van der Waals surface area contributed by atoms with Crippen LogP contribution in [0.4, 0.5) is 17.1 Å². The minimum absolute atomic E-state index is 1.09. The van der Waals surface area contributed by atoms with Crippen molar-refractivity contribution in [3.8, 4) is 33.4 Å². The molecule has 0 aliphatic heterocycles. The van der Waals surface area contributed by atoms with E-state index < -0.39 is 0 Å². The van der Waals surface area contributed by atoms with Crippen LogP contribution in [-0.2, 0) is 0 Å². The molecule has 332 valence electrons. The molecule has 3 heterocycles. The maximum Gasteiger partial charge on any atom is 0.0462 e. The SMILES string of the molecule is C(=C\c1cc2ccccc2s1)/c1ccc(-c2ccc(N(c3ccc(-c4ccc(/C=C/c5cc6ccccc6s5)cc4)cc3)c3ccc(-c4ccc(/C=C/c5cc6ccccc6s5)cc4)cc3)cc2)cc1. The van der Waals surface area contributed by atoms with Gasteiger partial charge < -0.3 is 4.90 Å².